The maximum Gasteiger partial charge on any atom is 0.321 e. The van der Waals surface area contributed by atoms with Gasteiger partial charge in [0.1, 0.15) is 12.1 Å². The summed E-state index contributed by atoms with van der Waals surface area (Å²) >= 11 is 0. The number of carbonyl (C=O) groups is 2. The van der Waals surface area contributed by atoms with Crippen LogP contribution in [0.25, 0.3) is 11.0 Å². The Bertz CT molecular complexity index is 864. The van der Waals surface area contributed by atoms with Crippen molar-refractivity contribution in [2.45, 2.75) is 39.3 Å². The third-order valence-corrected chi connectivity index (χ3v) is 4.77. The van der Waals surface area contributed by atoms with E-state index in [2.05, 4.69) is 35.5 Å². The molecule has 1 aliphatic rings. The minimum absolute atomic E-state index is 0.299. The van der Waals surface area contributed by atoms with Gasteiger partial charge in [0.2, 0.25) is 5.91 Å². The summed E-state index contributed by atoms with van der Waals surface area (Å²) < 4.78 is 1.73. The van der Waals surface area contributed by atoms with Gasteiger partial charge in [0.15, 0.2) is 5.65 Å². The topological polar surface area (TPSA) is 108 Å². The van der Waals surface area contributed by atoms with Crippen LogP contribution in [0.5, 0.6) is 0 Å². The number of anilines is 1. The predicted molar refractivity (Wildman–Crippen MR) is 106 cm³/mol. The van der Waals surface area contributed by atoms with E-state index in [-0.39, 0.29) is 5.91 Å². The van der Waals surface area contributed by atoms with E-state index >= 15 is 0 Å². The number of fused-ring (bicyclic) bond motifs is 1. The number of carbonyl (C=O) groups excluding carboxylic acids is 2. The minimum atomic E-state index is -0.469. The Hall–Kier alpha value is -2.75. The fourth-order valence-electron chi connectivity index (χ4n) is 3.28. The monoisotopic (exact) mass is 388 g/mol. The van der Waals surface area contributed by atoms with Crippen LogP contribution in [0.1, 0.15) is 27.7 Å². The first-order valence-electron chi connectivity index (χ1n) is 9.40. The first-order valence-corrected chi connectivity index (χ1v) is 9.40. The molecule has 1 fully saturated rings. The Kier molecular flexibility index (Phi) is 5.50. The van der Waals surface area contributed by atoms with Crippen LogP contribution in [0.15, 0.2) is 12.5 Å². The number of nitrogens with zero attached hydrogens (tertiary/aromatic N) is 6. The highest BCUT2D eigenvalue weighted by atomic mass is 16.2. The minimum Gasteiger partial charge on any atom is -0.353 e. The van der Waals surface area contributed by atoms with E-state index < -0.39 is 17.6 Å². The average Bonchev–Trinajstić information content (AvgIpc) is 3.01. The summed E-state index contributed by atoms with van der Waals surface area (Å²) in [6.07, 6.45) is 3.33. The number of amides is 3. The fraction of sp³-hybridized carbons (Fsp3) is 0.611. The summed E-state index contributed by atoms with van der Waals surface area (Å²) in [6.45, 7) is 10.3. The summed E-state index contributed by atoms with van der Waals surface area (Å²) in [5, 5.41) is 10.3. The molecule has 2 N–H and O–H groups in total. The first kappa shape index (κ1) is 20.0. The molecule has 10 heteroatoms. The van der Waals surface area contributed by atoms with Crippen LogP contribution in [-0.4, -0.2) is 74.3 Å². The molecule has 2 aromatic rings. The summed E-state index contributed by atoms with van der Waals surface area (Å²) in [4.78, 5) is 37.3. The zero-order chi connectivity index (χ0) is 20.5. The second kappa shape index (κ2) is 7.70. The standard InChI is InChI=1S/C18H28N8O2/c1-12(16(27)22-17(28)23-18(2,3)4)25-6-8-26(9-7-25)15-13-10-21-24(5)14(13)19-11-20-15/h10-12H,6-9H2,1-5H3,(H2,22,23,27,28). The van der Waals surface area contributed by atoms with Gasteiger partial charge >= 0.3 is 6.03 Å². The summed E-state index contributed by atoms with van der Waals surface area (Å²) in [5.41, 5.74) is 0.402. The summed E-state index contributed by atoms with van der Waals surface area (Å²) in [5.74, 6) is 0.561. The lowest BCUT2D eigenvalue weighted by Crippen LogP contribution is -2.56. The van der Waals surface area contributed by atoms with Crippen molar-refractivity contribution in [1.29, 1.82) is 0 Å². The molecular weight excluding hydrogens is 360 g/mol. The van der Waals surface area contributed by atoms with Crippen LogP contribution in [0.3, 0.4) is 0 Å². The molecule has 2 aromatic heterocycles. The van der Waals surface area contributed by atoms with Gasteiger partial charge in [-0.15, -0.1) is 0 Å². The lowest BCUT2D eigenvalue weighted by Gasteiger charge is -2.38. The van der Waals surface area contributed by atoms with Gasteiger partial charge in [-0.3, -0.25) is 19.7 Å². The first-order chi connectivity index (χ1) is 13.2. The van der Waals surface area contributed by atoms with Crippen molar-refractivity contribution < 1.29 is 9.59 Å². The van der Waals surface area contributed by atoms with Crippen molar-refractivity contribution in [2.75, 3.05) is 31.1 Å². The third-order valence-electron chi connectivity index (χ3n) is 4.77. The molecule has 0 saturated carbocycles. The van der Waals surface area contributed by atoms with E-state index in [9.17, 15) is 9.59 Å². The molecular formula is C18H28N8O2. The maximum absolute atomic E-state index is 12.4. The van der Waals surface area contributed by atoms with Crippen molar-refractivity contribution in [1.82, 2.24) is 35.3 Å². The highest BCUT2D eigenvalue weighted by Crippen LogP contribution is 2.23. The molecule has 152 valence electrons. The van der Waals surface area contributed by atoms with Crippen molar-refractivity contribution in [3.63, 3.8) is 0 Å². The van der Waals surface area contributed by atoms with Gasteiger partial charge in [0, 0.05) is 38.8 Å². The molecule has 1 saturated heterocycles. The van der Waals surface area contributed by atoms with Crippen LogP contribution in [-0.2, 0) is 11.8 Å². The molecule has 1 unspecified atom stereocenters. The second-order valence-electron chi connectivity index (χ2n) is 8.10. The van der Waals surface area contributed by atoms with Crippen LogP contribution >= 0.6 is 0 Å². The molecule has 3 rings (SSSR count). The van der Waals surface area contributed by atoms with Gasteiger partial charge in [-0.2, -0.15) is 5.10 Å². The molecule has 0 bridgehead atoms. The Morgan fingerprint density at radius 2 is 1.82 bits per heavy atom. The number of urea groups is 1. The molecule has 3 heterocycles. The zero-order valence-corrected chi connectivity index (χ0v) is 17.1. The van der Waals surface area contributed by atoms with Crippen LogP contribution in [0.2, 0.25) is 0 Å². The van der Waals surface area contributed by atoms with Crippen molar-refractivity contribution in [2.24, 2.45) is 7.05 Å². The van der Waals surface area contributed by atoms with Crippen molar-refractivity contribution in [3.8, 4) is 0 Å². The number of imide groups is 1. The number of hydrogen-bond donors (Lipinski definition) is 2. The molecule has 0 radical (unpaired) electrons. The largest absolute Gasteiger partial charge is 0.353 e. The number of nitrogens with one attached hydrogen (secondary N) is 2. The lowest BCUT2D eigenvalue weighted by atomic mass is 10.1. The van der Waals surface area contributed by atoms with Crippen molar-refractivity contribution >= 4 is 28.8 Å². The molecule has 1 aliphatic heterocycles. The molecule has 28 heavy (non-hydrogen) atoms. The number of rotatable bonds is 3. The molecule has 0 aliphatic carbocycles. The Morgan fingerprint density at radius 3 is 2.46 bits per heavy atom. The number of hydrogen-bond acceptors (Lipinski definition) is 7. The van der Waals surface area contributed by atoms with Gasteiger partial charge in [0.05, 0.1) is 17.6 Å². The molecule has 1 atom stereocenters. The van der Waals surface area contributed by atoms with Crippen LogP contribution in [0.4, 0.5) is 10.6 Å². The van der Waals surface area contributed by atoms with E-state index in [1.165, 1.54) is 0 Å². The highest BCUT2D eigenvalue weighted by Gasteiger charge is 2.28. The van der Waals surface area contributed by atoms with Gasteiger partial charge in [-0.25, -0.2) is 14.8 Å². The second-order valence-corrected chi connectivity index (χ2v) is 8.10. The van der Waals surface area contributed by atoms with E-state index in [0.717, 1.165) is 29.9 Å². The van der Waals surface area contributed by atoms with Crippen LogP contribution in [0, 0.1) is 0 Å². The van der Waals surface area contributed by atoms with Gasteiger partial charge < -0.3 is 10.2 Å². The van der Waals surface area contributed by atoms with E-state index in [1.54, 1.807) is 17.2 Å². The zero-order valence-electron chi connectivity index (χ0n) is 17.1. The third kappa shape index (κ3) is 4.38. The highest BCUT2D eigenvalue weighted by molar-refractivity contribution is 5.97. The van der Waals surface area contributed by atoms with Crippen LogP contribution < -0.4 is 15.5 Å². The SMILES string of the molecule is CC(C(=O)NC(=O)NC(C)(C)C)N1CCN(c2ncnc3c2cnn3C)CC1. The van der Waals surface area contributed by atoms with Crippen molar-refractivity contribution in [3.05, 3.63) is 12.5 Å². The smallest absolute Gasteiger partial charge is 0.321 e. The van der Waals surface area contributed by atoms with Gasteiger partial charge in [-0.1, -0.05) is 0 Å². The molecule has 10 nitrogen and oxygen atoms in total. The molecule has 0 spiro atoms. The van der Waals surface area contributed by atoms with E-state index in [0.29, 0.717) is 13.1 Å². The number of aromatic nitrogens is 4. The Morgan fingerprint density at radius 1 is 1.14 bits per heavy atom. The number of aryl methyl sites for hydroxylation is 1. The quantitative estimate of drug-likeness (QED) is 0.788. The van der Waals surface area contributed by atoms with Gasteiger partial charge in [0.25, 0.3) is 0 Å². The molecule has 3 amide bonds. The maximum atomic E-state index is 12.4. The van der Waals surface area contributed by atoms with Gasteiger partial charge in [-0.05, 0) is 27.7 Å². The van der Waals surface area contributed by atoms with E-state index in [4.69, 9.17) is 0 Å². The summed E-state index contributed by atoms with van der Waals surface area (Å²) in [7, 11) is 1.85. The average molecular weight is 388 g/mol. The Balaban J connectivity index is 1.58. The lowest BCUT2D eigenvalue weighted by molar-refractivity contribution is -0.124. The normalized spacial score (nSPS) is 16.8. The van der Waals surface area contributed by atoms with E-state index in [1.807, 2.05) is 34.7 Å². The molecule has 0 aromatic carbocycles. The fourth-order valence-corrected chi connectivity index (χ4v) is 3.28. The Labute approximate surface area is 164 Å². The summed E-state index contributed by atoms with van der Waals surface area (Å²) in [6, 6.07) is -0.861. The predicted octanol–water partition coefficient (Wildman–Crippen LogP) is 0.498. The number of piperazine rings is 1.